The number of ether oxygens (including phenoxy) is 1. The van der Waals surface area contributed by atoms with Gasteiger partial charge in [0, 0.05) is 12.1 Å². The standard InChI is InChI=1S/C12H13F3N2O/c1-8-9(12(13,14)15)3-2-4-10(8)18-7-11-16-5-6-17-11/h2-4H,5-7H2,1H3,(H,16,17). The van der Waals surface area contributed by atoms with Gasteiger partial charge in [0.25, 0.3) is 0 Å². The number of nitrogens with one attached hydrogen (secondary N) is 1. The Morgan fingerprint density at radius 1 is 1.39 bits per heavy atom. The number of amidine groups is 1. The van der Waals surface area contributed by atoms with Gasteiger partial charge >= 0.3 is 6.18 Å². The summed E-state index contributed by atoms with van der Waals surface area (Å²) in [6.45, 7) is 3.00. The number of hydrogen-bond donors (Lipinski definition) is 1. The number of hydrogen-bond acceptors (Lipinski definition) is 3. The summed E-state index contributed by atoms with van der Waals surface area (Å²) < 4.78 is 43.4. The predicted octanol–water partition coefficient (Wildman–Crippen LogP) is 2.39. The molecule has 0 spiro atoms. The molecule has 0 aromatic heterocycles. The van der Waals surface area contributed by atoms with E-state index in [1.54, 1.807) is 0 Å². The third kappa shape index (κ3) is 2.75. The highest BCUT2D eigenvalue weighted by Gasteiger charge is 2.33. The molecule has 0 unspecified atom stereocenters. The maximum Gasteiger partial charge on any atom is 0.416 e. The predicted molar refractivity (Wildman–Crippen MR) is 62.0 cm³/mol. The Bertz CT molecular complexity index is 469. The van der Waals surface area contributed by atoms with Crippen molar-refractivity contribution in [3.63, 3.8) is 0 Å². The Hall–Kier alpha value is -1.72. The smallest absolute Gasteiger partial charge is 0.416 e. The van der Waals surface area contributed by atoms with Gasteiger partial charge < -0.3 is 10.1 Å². The second-order valence-corrected chi connectivity index (χ2v) is 3.97. The van der Waals surface area contributed by atoms with Gasteiger partial charge in [0.2, 0.25) is 0 Å². The van der Waals surface area contributed by atoms with Crippen molar-refractivity contribution in [1.29, 1.82) is 0 Å². The van der Waals surface area contributed by atoms with Crippen LogP contribution < -0.4 is 10.1 Å². The van der Waals surface area contributed by atoms with E-state index in [1.807, 2.05) is 0 Å². The molecule has 98 valence electrons. The normalized spacial score (nSPS) is 15.2. The summed E-state index contributed by atoms with van der Waals surface area (Å²) in [4.78, 5) is 4.11. The highest BCUT2D eigenvalue weighted by Crippen LogP contribution is 2.35. The molecule has 0 radical (unpaired) electrons. The molecule has 18 heavy (non-hydrogen) atoms. The minimum Gasteiger partial charge on any atom is -0.485 e. The molecule has 0 atom stereocenters. The van der Waals surface area contributed by atoms with Crippen LogP contribution in [-0.2, 0) is 6.18 Å². The second-order valence-electron chi connectivity index (χ2n) is 3.97. The molecular weight excluding hydrogens is 245 g/mol. The van der Waals surface area contributed by atoms with Crippen molar-refractivity contribution < 1.29 is 17.9 Å². The van der Waals surface area contributed by atoms with Crippen LogP contribution in [0.3, 0.4) is 0 Å². The molecule has 0 saturated carbocycles. The Balaban J connectivity index is 2.13. The summed E-state index contributed by atoms with van der Waals surface area (Å²) in [5.74, 6) is 0.910. The summed E-state index contributed by atoms with van der Waals surface area (Å²) in [6, 6.07) is 3.92. The SMILES string of the molecule is Cc1c(OCC2=NCCN2)cccc1C(F)(F)F. The fourth-order valence-electron chi connectivity index (χ4n) is 1.77. The molecule has 0 fully saturated rings. The van der Waals surface area contributed by atoms with Crippen LogP contribution in [-0.4, -0.2) is 25.5 Å². The summed E-state index contributed by atoms with van der Waals surface area (Å²) in [7, 11) is 0. The molecule has 1 N–H and O–H groups in total. The quantitative estimate of drug-likeness (QED) is 0.903. The molecule has 1 aromatic rings. The Morgan fingerprint density at radius 2 is 2.17 bits per heavy atom. The highest BCUT2D eigenvalue weighted by molar-refractivity contribution is 5.85. The molecule has 1 heterocycles. The second kappa shape index (κ2) is 4.88. The third-order valence-corrected chi connectivity index (χ3v) is 2.70. The fraction of sp³-hybridized carbons (Fsp3) is 0.417. The highest BCUT2D eigenvalue weighted by atomic mass is 19.4. The lowest BCUT2D eigenvalue weighted by Gasteiger charge is -2.14. The summed E-state index contributed by atoms with van der Waals surface area (Å²) >= 11 is 0. The van der Waals surface area contributed by atoms with Crippen LogP contribution in [0.25, 0.3) is 0 Å². The lowest BCUT2D eigenvalue weighted by molar-refractivity contribution is -0.138. The van der Waals surface area contributed by atoms with E-state index in [0.29, 0.717) is 12.4 Å². The molecule has 1 aromatic carbocycles. The van der Waals surface area contributed by atoms with Gasteiger partial charge in [-0.15, -0.1) is 0 Å². The van der Waals surface area contributed by atoms with Crippen LogP contribution in [0.4, 0.5) is 13.2 Å². The number of nitrogens with zero attached hydrogens (tertiary/aromatic N) is 1. The van der Waals surface area contributed by atoms with Crippen molar-refractivity contribution in [3.8, 4) is 5.75 Å². The van der Waals surface area contributed by atoms with Crippen LogP contribution in [0, 0.1) is 6.92 Å². The van der Waals surface area contributed by atoms with Crippen molar-refractivity contribution in [1.82, 2.24) is 5.32 Å². The minimum atomic E-state index is -4.35. The zero-order valence-electron chi connectivity index (χ0n) is 9.84. The van der Waals surface area contributed by atoms with Gasteiger partial charge in [-0.3, -0.25) is 4.99 Å². The van der Waals surface area contributed by atoms with Crippen LogP contribution in [0.2, 0.25) is 0 Å². The Labute approximate surface area is 103 Å². The van der Waals surface area contributed by atoms with E-state index in [9.17, 15) is 13.2 Å². The number of rotatable bonds is 3. The molecule has 0 amide bonds. The van der Waals surface area contributed by atoms with Crippen molar-refractivity contribution in [2.75, 3.05) is 19.7 Å². The lowest BCUT2D eigenvalue weighted by Crippen LogP contribution is -2.25. The van der Waals surface area contributed by atoms with Crippen molar-refractivity contribution in [3.05, 3.63) is 29.3 Å². The van der Waals surface area contributed by atoms with E-state index in [2.05, 4.69) is 10.3 Å². The zero-order chi connectivity index (χ0) is 13.2. The first-order valence-electron chi connectivity index (χ1n) is 5.55. The maximum atomic E-state index is 12.7. The van der Waals surface area contributed by atoms with E-state index >= 15 is 0 Å². The van der Waals surface area contributed by atoms with E-state index < -0.39 is 11.7 Å². The lowest BCUT2D eigenvalue weighted by atomic mass is 10.1. The monoisotopic (exact) mass is 258 g/mol. The number of alkyl halides is 3. The van der Waals surface area contributed by atoms with Crippen LogP contribution >= 0.6 is 0 Å². The van der Waals surface area contributed by atoms with Gasteiger partial charge in [0.05, 0.1) is 12.1 Å². The molecule has 2 rings (SSSR count). The molecule has 0 saturated heterocycles. The first kappa shape index (κ1) is 12.7. The Morgan fingerprint density at radius 3 is 2.78 bits per heavy atom. The molecular formula is C12H13F3N2O. The van der Waals surface area contributed by atoms with Gasteiger partial charge in [-0.1, -0.05) is 6.07 Å². The summed E-state index contributed by atoms with van der Waals surface area (Å²) in [5.41, 5.74) is -0.565. The average molecular weight is 258 g/mol. The minimum absolute atomic E-state index is 0.101. The van der Waals surface area contributed by atoms with Crippen molar-refractivity contribution in [2.45, 2.75) is 13.1 Å². The molecule has 1 aliphatic heterocycles. The molecule has 0 bridgehead atoms. The van der Waals surface area contributed by atoms with Crippen molar-refractivity contribution in [2.24, 2.45) is 4.99 Å². The van der Waals surface area contributed by atoms with Gasteiger partial charge in [-0.2, -0.15) is 13.2 Å². The van der Waals surface area contributed by atoms with Gasteiger partial charge in [-0.05, 0) is 19.1 Å². The van der Waals surface area contributed by atoms with E-state index in [4.69, 9.17) is 4.74 Å². The van der Waals surface area contributed by atoms with Crippen LogP contribution in [0.15, 0.2) is 23.2 Å². The van der Waals surface area contributed by atoms with Crippen LogP contribution in [0.1, 0.15) is 11.1 Å². The number of benzene rings is 1. The topological polar surface area (TPSA) is 33.6 Å². The van der Waals surface area contributed by atoms with Gasteiger partial charge in [-0.25, -0.2) is 0 Å². The van der Waals surface area contributed by atoms with Crippen LogP contribution in [0.5, 0.6) is 5.75 Å². The number of aliphatic imine (C=N–C) groups is 1. The summed E-state index contributed by atoms with van der Waals surface area (Å²) in [6.07, 6.45) is -4.35. The molecule has 1 aliphatic rings. The first-order valence-corrected chi connectivity index (χ1v) is 5.55. The molecule has 3 nitrogen and oxygen atoms in total. The van der Waals surface area contributed by atoms with Crippen molar-refractivity contribution >= 4 is 5.84 Å². The number of halogens is 3. The van der Waals surface area contributed by atoms with E-state index in [1.165, 1.54) is 19.1 Å². The van der Waals surface area contributed by atoms with Gasteiger partial charge in [0.1, 0.15) is 18.2 Å². The Kier molecular flexibility index (Phi) is 3.45. The van der Waals surface area contributed by atoms with Gasteiger partial charge in [0.15, 0.2) is 0 Å². The molecule has 6 heteroatoms. The average Bonchev–Trinajstić information content (AvgIpc) is 2.79. The fourth-order valence-corrected chi connectivity index (χ4v) is 1.77. The summed E-state index contributed by atoms with van der Waals surface area (Å²) in [5, 5.41) is 2.99. The maximum absolute atomic E-state index is 12.7. The van der Waals surface area contributed by atoms with E-state index in [0.717, 1.165) is 12.6 Å². The largest absolute Gasteiger partial charge is 0.485 e. The van der Waals surface area contributed by atoms with E-state index in [-0.39, 0.29) is 17.9 Å². The zero-order valence-corrected chi connectivity index (χ0v) is 9.84. The molecule has 0 aliphatic carbocycles. The first-order chi connectivity index (χ1) is 8.48. The third-order valence-electron chi connectivity index (χ3n) is 2.70.